The molecular formula is C10H22ClN2O7PS. The fourth-order valence-corrected chi connectivity index (χ4v) is 4.97. The van der Waals surface area contributed by atoms with E-state index in [2.05, 4.69) is 4.89 Å². The average Bonchev–Trinajstić information content (AvgIpc) is 2.49. The van der Waals surface area contributed by atoms with Crippen LogP contribution in [0.3, 0.4) is 0 Å². The summed E-state index contributed by atoms with van der Waals surface area (Å²) in [5, 5.41) is 8.93. The molecule has 0 radical (unpaired) electrons. The van der Waals surface area contributed by atoms with E-state index < -0.39 is 24.0 Å². The molecule has 0 bridgehead atoms. The van der Waals surface area contributed by atoms with Crippen LogP contribution >= 0.6 is 19.3 Å². The second kappa shape index (κ2) is 8.91. The van der Waals surface area contributed by atoms with Crippen LogP contribution in [0, 0.1) is 0 Å². The van der Waals surface area contributed by atoms with Gasteiger partial charge in [-0.25, -0.2) is 9.56 Å². The normalized spacial score (nSPS) is 27.4. The molecule has 0 aromatic carbocycles. The number of hydrogen-bond donors (Lipinski definition) is 1. The van der Waals surface area contributed by atoms with Crippen LogP contribution in [0.25, 0.3) is 0 Å². The van der Waals surface area contributed by atoms with E-state index in [1.165, 1.54) is 23.3 Å². The molecule has 1 heterocycles. The monoisotopic (exact) mass is 380 g/mol. The van der Waals surface area contributed by atoms with Crippen LogP contribution in [-0.2, 0) is 28.3 Å². The predicted octanol–water partition coefficient (Wildman–Crippen LogP) is 1.17. The van der Waals surface area contributed by atoms with Crippen molar-refractivity contribution in [2.45, 2.75) is 19.6 Å². The first-order chi connectivity index (χ1) is 10.3. The third-order valence-corrected chi connectivity index (χ3v) is 7.27. The second-order valence-corrected chi connectivity index (χ2v) is 9.32. The first-order valence-electron chi connectivity index (χ1n) is 6.77. The molecule has 1 saturated heterocycles. The van der Waals surface area contributed by atoms with Crippen LogP contribution in [0.2, 0.25) is 0 Å². The standard InChI is InChI=1S/C10H22ClN2O7PS/c1-3-22(16,17)19-9-7-12(2)21(15)13(6-5-11)10(20-14)4-8-18-21/h10,14H,3-9H2,1-2H3. The minimum absolute atomic E-state index is 0.0629. The van der Waals surface area contributed by atoms with Crippen molar-refractivity contribution in [1.29, 1.82) is 0 Å². The number of alkyl halides is 1. The molecule has 1 fully saturated rings. The maximum absolute atomic E-state index is 13.0. The summed E-state index contributed by atoms with van der Waals surface area (Å²) in [6.45, 7) is 1.70. The van der Waals surface area contributed by atoms with E-state index in [0.29, 0.717) is 6.42 Å². The molecule has 9 nitrogen and oxygen atoms in total. The lowest BCUT2D eigenvalue weighted by molar-refractivity contribution is -0.309. The Kier molecular flexibility index (Phi) is 8.21. The molecule has 0 spiro atoms. The Morgan fingerprint density at radius 3 is 2.77 bits per heavy atom. The molecule has 0 saturated carbocycles. The summed E-state index contributed by atoms with van der Waals surface area (Å²) >= 11 is 5.69. The van der Waals surface area contributed by atoms with Crippen molar-refractivity contribution in [2.24, 2.45) is 0 Å². The minimum atomic E-state index is -3.56. The molecule has 2 atom stereocenters. The van der Waals surface area contributed by atoms with Gasteiger partial charge >= 0.3 is 7.67 Å². The van der Waals surface area contributed by atoms with Gasteiger partial charge in [0, 0.05) is 25.4 Å². The van der Waals surface area contributed by atoms with Gasteiger partial charge in [-0.1, -0.05) is 0 Å². The molecule has 1 aliphatic heterocycles. The molecule has 132 valence electrons. The van der Waals surface area contributed by atoms with Crippen LogP contribution in [0.1, 0.15) is 13.3 Å². The van der Waals surface area contributed by atoms with E-state index >= 15 is 0 Å². The summed E-state index contributed by atoms with van der Waals surface area (Å²) in [6, 6.07) is 0. The molecular weight excluding hydrogens is 359 g/mol. The maximum Gasteiger partial charge on any atom is 0.348 e. The molecule has 0 amide bonds. The zero-order valence-electron chi connectivity index (χ0n) is 12.6. The third-order valence-electron chi connectivity index (χ3n) is 3.18. The lowest BCUT2D eigenvalue weighted by Gasteiger charge is -2.42. The maximum atomic E-state index is 13.0. The van der Waals surface area contributed by atoms with Crippen LogP contribution < -0.4 is 0 Å². The van der Waals surface area contributed by atoms with Crippen molar-refractivity contribution in [3.05, 3.63) is 0 Å². The van der Waals surface area contributed by atoms with Crippen molar-refractivity contribution in [3.8, 4) is 0 Å². The van der Waals surface area contributed by atoms with Gasteiger partial charge in [0.15, 0.2) is 6.23 Å². The molecule has 0 aromatic rings. The summed E-state index contributed by atoms with van der Waals surface area (Å²) in [6.07, 6.45) is -0.451. The van der Waals surface area contributed by atoms with Gasteiger partial charge in [-0.05, 0) is 14.0 Å². The van der Waals surface area contributed by atoms with Gasteiger partial charge in [-0.2, -0.15) is 13.1 Å². The number of halogens is 1. The quantitative estimate of drug-likeness (QED) is 0.207. The first kappa shape index (κ1) is 20.3. The van der Waals surface area contributed by atoms with E-state index in [0.717, 1.165) is 0 Å². The third kappa shape index (κ3) is 5.12. The van der Waals surface area contributed by atoms with Crippen molar-refractivity contribution in [2.75, 3.05) is 45.0 Å². The van der Waals surface area contributed by atoms with E-state index in [1.54, 1.807) is 0 Å². The molecule has 1 rings (SSSR count). The van der Waals surface area contributed by atoms with Crippen LogP contribution in [0.15, 0.2) is 0 Å². The lowest BCUT2D eigenvalue weighted by atomic mass is 10.4. The molecule has 1 aliphatic rings. The zero-order chi connectivity index (χ0) is 16.8. The Balaban J connectivity index is 2.74. The van der Waals surface area contributed by atoms with Crippen molar-refractivity contribution in [1.82, 2.24) is 9.34 Å². The summed E-state index contributed by atoms with van der Waals surface area (Å²) in [5.74, 6) is 0.0332. The number of hydrogen-bond acceptors (Lipinski definition) is 7. The summed E-state index contributed by atoms with van der Waals surface area (Å²) in [4.78, 5) is 4.34. The topological polar surface area (TPSA) is 106 Å². The number of rotatable bonds is 9. The van der Waals surface area contributed by atoms with Crippen molar-refractivity contribution < 1.29 is 31.8 Å². The van der Waals surface area contributed by atoms with Gasteiger partial charge in [0.25, 0.3) is 10.1 Å². The van der Waals surface area contributed by atoms with Crippen LogP contribution in [0.5, 0.6) is 0 Å². The Morgan fingerprint density at radius 2 is 2.23 bits per heavy atom. The van der Waals surface area contributed by atoms with Gasteiger partial charge in [0.2, 0.25) is 0 Å². The molecule has 22 heavy (non-hydrogen) atoms. The fraction of sp³-hybridized carbons (Fsp3) is 1.00. The Morgan fingerprint density at radius 1 is 1.55 bits per heavy atom. The molecule has 2 unspecified atom stereocenters. The fourth-order valence-electron chi connectivity index (χ4n) is 1.92. The highest BCUT2D eigenvalue weighted by atomic mass is 35.5. The largest absolute Gasteiger partial charge is 0.348 e. The van der Waals surface area contributed by atoms with E-state index in [1.807, 2.05) is 0 Å². The number of nitrogens with zero attached hydrogens (tertiary/aromatic N) is 2. The molecule has 0 aliphatic carbocycles. The molecule has 0 aromatic heterocycles. The van der Waals surface area contributed by atoms with Crippen molar-refractivity contribution >= 4 is 29.4 Å². The SMILES string of the molecule is CCS(=O)(=O)OCCN(C)P1(=O)OCCC(OO)N1CCCl. The second-order valence-electron chi connectivity index (χ2n) is 4.57. The first-order valence-corrected chi connectivity index (χ1v) is 10.4. The van der Waals surface area contributed by atoms with E-state index in [4.69, 9.17) is 25.6 Å². The molecule has 12 heteroatoms. The Labute approximate surface area is 135 Å². The summed E-state index contributed by atoms with van der Waals surface area (Å²) in [5.41, 5.74) is 0. The van der Waals surface area contributed by atoms with Gasteiger partial charge in [-0.15, -0.1) is 11.6 Å². The highest BCUT2D eigenvalue weighted by Crippen LogP contribution is 2.57. The van der Waals surface area contributed by atoms with Gasteiger partial charge < -0.3 is 4.52 Å². The van der Waals surface area contributed by atoms with Crippen molar-refractivity contribution in [3.63, 3.8) is 0 Å². The van der Waals surface area contributed by atoms with E-state index in [-0.39, 0.29) is 37.9 Å². The Hall–Kier alpha value is 0.230. The van der Waals surface area contributed by atoms with Gasteiger partial charge in [-0.3, -0.25) is 14.0 Å². The lowest BCUT2D eigenvalue weighted by Crippen LogP contribution is -2.45. The minimum Gasteiger partial charge on any atom is -0.306 e. The highest BCUT2D eigenvalue weighted by Gasteiger charge is 2.44. The summed E-state index contributed by atoms with van der Waals surface area (Å²) in [7, 11) is -5.52. The molecule has 1 N–H and O–H groups in total. The Bertz CT molecular complexity index is 492. The smallest absolute Gasteiger partial charge is 0.306 e. The van der Waals surface area contributed by atoms with Gasteiger partial charge in [0.1, 0.15) is 0 Å². The van der Waals surface area contributed by atoms with Crippen LogP contribution in [-0.4, -0.2) is 74.2 Å². The zero-order valence-corrected chi connectivity index (χ0v) is 15.0. The summed E-state index contributed by atoms with van der Waals surface area (Å²) < 4.78 is 48.4. The average molecular weight is 381 g/mol. The van der Waals surface area contributed by atoms with E-state index in [9.17, 15) is 13.0 Å². The van der Waals surface area contributed by atoms with Gasteiger partial charge in [0.05, 0.1) is 19.0 Å². The predicted molar refractivity (Wildman–Crippen MR) is 81.1 cm³/mol. The highest BCUT2D eigenvalue weighted by molar-refractivity contribution is 7.86. The number of likely N-dealkylation sites (N-methyl/N-ethyl adjacent to an activating group) is 1. The van der Waals surface area contributed by atoms with Crippen LogP contribution in [0.4, 0.5) is 0 Å².